The Morgan fingerprint density at radius 2 is 1.76 bits per heavy atom. The minimum absolute atomic E-state index is 0.0825. The molecule has 0 N–H and O–H groups in total. The molecule has 0 fully saturated rings. The third-order valence-electron chi connectivity index (χ3n) is 4.98. The highest BCUT2D eigenvalue weighted by atomic mass is 16.5. The second-order valence-electron chi connectivity index (χ2n) is 6.91. The number of carbonyl (C=O) groups is 1. The lowest BCUT2D eigenvalue weighted by atomic mass is 9.85. The zero-order chi connectivity index (χ0) is 17.6. The van der Waals surface area contributed by atoms with Crippen LogP contribution in [0, 0.1) is 0 Å². The van der Waals surface area contributed by atoms with Crippen LogP contribution in [0.1, 0.15) is 76.0 Å². The molecule has 0 bridgehead atoms. The molecule has 1 unspecified atom stereocenters. The molecule has 0 saturated carbocycles. The van der Waals surface area contributed by atoms with Gasteiger partial charge >= 0.3 is 5.97 Å². The van der Waals surface area contributed by atoms with E-state index in [1.54, 1.807) is 0 Å². The van der Waals surface area contributed by atoms with Crippen LogP contribution in [0.4, 0.5) is 0 Å². The lowest BCUT2D eigenvalue weighted by Crippen LogP contribution is -2.13. The summed E-state index contributed by atoms with van der Waals surface area (Å²) in [5, 5.41) is 2.48. The molecule has 2 nitrogen and oxygen atoms in total. The third kappa shape index (κ3) is 3.95. The van der Waals surface area contributed by atoms with Gasteiger partial charge in [-0.3, -0.25) is 4.79 Å². The highest BCUT2D eigenvalue weighted by molar-refractivity contribution is 5.98. The summed E-state index contributed by atoms with van der Waals surface area (Å²) in [5.74, 6) is -0.0825. The molecule has 0 heterocycles. The van der Waals surface area contributed by atoms with Gasteiger partial charge < -0.3 is 4.74 Å². The van der Waals surface area contributed by atoms with Gasteiger partial charge in [-0.25, -0.2) is 0 Å². The SMILES string of the molecule is CCCCCC(=O)OC1C=C(CCCC)c2cccc3cccc1c23. The Morgan fingerprint density at radius 1 is 1.00 bits per heavy atom. The molecule has 0 amide bonds. The molecule has 25 heavy (non-hydrogen) atoms. The summed E-state index contributed by atoms with van der Waals surface area (Å²) >= 11 is 0. The summed E-state index contributed by atoms with van der Waals surface area (Å²) in [4.78, 5) is 12.3. The fourth-order valence-electron chi connectivity index (χ4n) is 3.64. The van der Waals surface area contributed by atoms with Gasteiger partial charge in [-0.2, -0.15) is 0 Å². The van der Waals surface area contributed by atoms with Crippen LogP contribution in [0.15, 0.2) is 42.5 Å². The van der Waals surface area contributed by atoms with Crippen molar-refractivity contribution in [1.82, 2.24) is 0 Å². The molecular weight excluding hydrogens is 308 g/mol. The van der Waals surface area contributed by atoms with Gasteiger partial charge in [0.1, 0.15) is 6.10 Å². The zero-order valence-electron chi connectivity index (χ0n) is 15.4. The lowest BCUT2D eigenvalue weighted by molar-refractivity contribution is -0.147. The Labute approximate surface area is 150 Å². The maximum Gasteiger partial charge on any atom is 0.306 e. The standard InChI is InChI=1S/C23H28O2/c1-3-5-7-15-22(24)25-21-16-18(10-6-4-2)19-13-8-11-17-12-9-14-20(21)23(17)19/h8-9,11-14,16,21H,3-7,10,15H2,1-2H3. The van der Waals surface area contributed by atoms with E-state index in [9.17, 15) is 4.79 Å². The van der Waals surface area contributed by atoms with Crippen molar-refractivity contribution in [2.45, 2.75) is 64.9 Å². The van der Waals surface area contributed by atoms with Crippen LogP contribution in [-0.2, 0) is 9.53 Å². The largest absolute Gasteiger partial charge is 0.453 e. The van der Waals surface area contributed by atoms with E-state index in [1.807, 2.05) is 0 Å². The van der Waals surface area contributed by atoms with Gasteiger partial charge in [-0.1, -0.05) is 69.5 Å². The fraction of sp³-hybridized carbons (Fsp3) is 0.435. The zero-order valence-corrected chi connectivity index (χ0v) is 15.4. The summed E-state index contributed by atoms with van der Waals surface area (Å²) in [6.45, 7) is 4.36. The van der Waals surface area contributed by atoms with Crippen LogP contribution in [0.3, 0.4) is 0 Å². The molecular formula is C23H28O2. The smallest absolute Gasteiger partial charge is 0.306 e. The summed E-state index contributed by atoms with van der Waals surface area (Å²) < 4.78 is 5.88. The van der Waals surface area contributed by atoms with Crippen molar-refractivity contribution in [3.05, 3.63) is 53.6 Å². The molecule has 3 rings (SSSR count). The van der Waals surface area contributed by atoms with Crippen LogP contribution >= 0.6 is 0 Å². The molecule has 2 heteroatoms. The predicted octanol–water partition coefficient (Wildman–Crippen LogP) is 6.59. The number of rotatable bonds is 8. The average molecular weight is 336 g/mol. The van der Waals surface area contributed by atoms with Crippen LogP contribution in [0.25, 0.3) is 16.3 Å². The van der Waals surface area contributed by atoms with Crippen LogP contribution in [0.5, 0.6) is 0 Å². The first kappa shape index (κ1) is 17.7. The molecule has 2 aromatic carbocycles. The Morgan fingerprint density at radius 3 is 2.52 bits per heavy atom. The van der Waals surface area contributed by atoms with Gasteiger partial charge in [0.2, 0.25) is 0 Å². The number of unbranched alkanes of at least 4 members (excludes halogenated alkanes) is 3. The van der Waals surface area contributed by atoms with Crippen LogP contribution in [0.2, 0.25) is 0 Å². The van der Waals surface area contributed by atoms with Crippen molar-refractivity contribution in [1.29, 1.82) is 0 Å². The van der Waals surface area contributed by atoms with Crippen molar-refractivity contribution in [2.24, 2.45) is 0 Å². The number of benzene rings is 2. The molecule has 132 valence electrons. The minimum atomic E-state index is -0.250. The van der Waals surface area contributed by atoms with E-state index < -0.39 is 0 Å². The first-order valence-corrected chi connectivity index (χ1v) is 9.66. The molecule has 1 aliphatic rings. The van der Waals surface area contributed by atoms with E-state index >= 15 is 0 Å². The van der Waals surface area contributed by atoms with Crippen molar-refractivity contribution in [3.8, 4) is 0 Å². The van der Waals surface area contributed by atoms with Gasteiger partial charge in [-0.15, -0.1) is 0 Å². The Balaban J connectivity index is 1.91. The number of hydrogen-bond donors (Lipinski definition) is 0. The van der Waals surface area contributed by atoms with Gasteiger partial charge in [0.05, 0.1) is 0 Å². The third-order valence-corrected chi connectivity index (χ3v) is 4.98. The normalized spacial score (nSPS) is 15.9. The first-order chi connectivity index (χ1) is 12.2. The van der Waals surface area contributed by atoms with Crippen LogP contribution < -0.4 is 0 Å². The van der Waals surface area contributed by atoms with E-state index in [0.717, 1.165) is 44.1 Å². The Bertz CT molecular complexity index is 768. The summed E-state index contributed by atoms with van der Waals surface area (Å²) in [6, 6.07) is 12.8. The second-order valence-corrected chi connectivity index (χ2v) is 6.91. The van der Waals surface area contributed by atoms with Gasteiger partial charge in [-0.05, 0) is 47.2 Å². The van der Waals surface area contributed by atoms with E-state index in [-0.39, 0.29) is 12.1 Å². The quantitative estimate of drug-likeness (QED) is 0.401. The molecule has 2 aromatic rings. The predicted molar refractivity (Wildman–Crippen MR) is 104 cm³/mol. The molecule has 1 atom stereocenters. The van der Waals surface area contributed by atoms with Gasteiger partial charge in [0.15, 0.2) is 0 Å². The molecule has 0 aliphatic heterocycles. The van der Waals surface area contributed by atoms with Crippen molar-refractivity contribution < 1.29 is 9.53 Å². The molecule has 0 saturated heterocycles. The Hall–Kier alpha value is -2.09. The number of carbonyl (C=O) groups excluding carboxylic acids is 1. The summed E-state index contributed by atoms with van der Waals surface area (Å²) in [5.41, 5.74) is 3.74. The maximum absolute atomic E-state index is 12.3. The van der Waals surface area contributed by atoms with Gasteiger partial charge in [0.25, 0.3) is 0 Å². The van der Waals surface area contributed by atoms with Crippen molar-refractivity contribution in [2.75, 3.05) is 0 Å². The number of hydrogen-bond acceptors (Lipinski definition) is 2. The van der Waals surface area contributed by atoms with E-state index in [1.165, 1.54) is 21.9 Å². The van der Waals surface area contributed by atoms with E-state index in [0.29, 0.717) is 6.42 Å². The Kier molecular flexibility index (Phi) is 5.91. The molecule has 0 radical (unpaired) electrons. The van der Waals surface area contributed by atoms with Crippen molar-refractivity contribution >= 4 is 22.3 Å². The number of esters is 1. The van der Waals surface area contributed by atoms with Crippen LogP contribution in [-0.4, -0.2) is 5.97 Å². The number of ether oxygens (including phenoxy) is 1. The topological polar surface area (TPSA) is 26.3 Å². The molecule has 0 aromatic heterocycles. The minimum Gasteiger partial charge on any atom is -0.453 e. The first-order valence-electron chi connectivity index (χ1n) is 9.66. The highest BCUT2D eigenvalue weighted by Gasteiger charge is 2.24. The van der Waals surface area contributed by atoms with E-state index in [4.69, 9.17) is 4.74 Å². The van der Waals surface area contributed by atoms with E-state index in [2.05, 4.69) is 56.3 Å². The monoisotopic (exact) mass is 336 g/mol. The highest BCUT2D eigenvalue weighted by Crippen LogP contribution is 2.41. The second kappa shape index (κ2) is 8.33. The lowest BCUT2D eigenvalue weighted by Gasteiger charge is -2.25. The van der Waals surface area contributed by atoms with Crippen molar-refractivity contribution in [3.63, 3.8) is 0 Å². The summed E-state index contributed by atoms with van der Waals surface area (Å²) in [7, 11) is 0. The fourth-order valence-corrected chi connectivity index (χ4v) is 3.64. The average Bonchev–Trinajstić information content (AvgIpc) is 2.63. The maximum atomic E-state index is 12.3. The summed E-state index contributed by atoms with van der Waals surface area (Å²) in [6.07, 6.45) is 8.89. The number of allylic oxidation sites excluding steroid dienone is 1. The molecule has 0 spiro atoms. The van der Waals surface area contributed by atoms with Gasteiger partial charge in [0, 0.05) is 12.0 Å². The molecule has 1 aliphatic carbocycles.